The van der Waals surface area contributed by atoms with Gasteiger partial charge in [0.25, 0.3) is 5.91 Å². The quantitative estimate of drug-likeness (QED) is 0.682. The van der Waals surface area contributed by atoms with Crippen molar-refractivity contribution in [1.29, 1.82) is 0 Å². The molecule has 1 N–H and O–H groups in total. The van der Waals surface area contributed by atoms with Gasteiger partial charge in [0.1, 0.15) is 16.8 Å². The van der Waals surface area contributed by atoms with Gasteiger partial charge in [-0.05, 0) is 36.8 Å². The Morgan fingerprint density at radius 2 is 1.96 bits per heavy atom. The van der Waals surface area contributed by atoms with E-state index in [2.05, 4.69) is 14.1 Å². The number of hydrogen-bond acceptors (Lipinski definition) is 7. The number of carbonyl (C=O) groups excluding carboxylic acids is 2. The van der Waals surface area contributed by atoms with E-state index in [1.165, 1.54) is 0 Å². The average Bonchev–Trinajstić information content (AvgIpc) is 3.08. The lowest BCUT2D eigenvalue weighted by Crippen LogP contribution is -2.23. The summed E-state index contributed by atoms with van der Waals surface area (Å²) in [4.78, 5) is 23.6. The minimum Gasteiger partial charge on any atom is -0.482 e. The molecule has 0 spiro atoms. The predicted octanol–water partition coefficient (Wildman–Crippen LogP) is 2.56. The average molecular weight is 357 g/mol. The molecule has 128 valence electrons. The highest BCUT2D eigenvalue weighted by atomic mass is 32.1. The van der Waals surface area contributed by atoms with Gasteiger partial charge in [0.2, 0.25) is 0 Å². The third-order valence-electron chi connectivity index (χ3n) is 3.27. The molecule has 0 fully saturated rings. The second kappa shape index (κ2) is 7.71. The SMILES string of the molecule is Cc1cccc(OCC(=O)OCC(=O)Nc2cccc3nsnc23)c1. The van der Waals surface area contributed by atoms with E-state index < -0.39 is 18.5 Å². The van der Waals surface area contributed by atoms with Gasteiger partial charge in [0, 0.05) is 0 Å². The van der Waals surface area contributed by atoms with Crippen molar-refractivity contribution in [2.45, 2.75) is 6.92 Å². The maximum absolute atomic E-state index is 11.9. The van der Waals surface area contributed by atoms with Crippen LogP contribution in [0.2, 0.25) is 0 Å². The van der Waals surface area contributed by atoms with Crippen LogP contribution in [0, 0.1) is 6.92 Å². The van der Waals surface area contributed by atoms with Crippen LogP contribution in [-0.2, 0) is 14.3 Å². The van der Waals surface area contributed by atoms with Crippen LogP contribution < -0.4 is 10.1 Å². The van der Waals surface area contributed by atoms with Gasteiger partial charge in [0.15, 0.2) is 13.2 Å². The molecule has 0 unspecified atom stereocenters. The molecular formula is C17H15N3O4S. The molecule has 0 bridgehead atoms. The topological polar surface area (TPSA) is 90.4 Å². The highest BCUT2D eigenvalue weighted by Gasteiger charge is 2.11. The van der Waals surface area contributed by atoms with E-state index in [1.54, 1.807) is 24.3 Å². The van der Waals surface area contributed by atoms with E-state index >= 15 is 0 Å². The van der Waals surface area contributed by atoms with Gasteiger partial charge in [-0.2, -0.15) is 8.75 Å². The molecule has 0 aliphatic rings. The maximum atomic E-state index is 11.9. The van der Waals surface area contributed by atoms with E-state index in [4.69, 9.17) is 9.47 Å². The summed E-state index contributed by atoms with van der Waals surface area (Å²) in [6.45, 7) is 1.26. The Hall–Kier alpha value is -3.00. The zero-order valence-corrected chi connectivity index (χ0v) is 14.2. The zero-order valence-electron chi connectivity index (χ0n) is 13.4. The minimum absolute atomic E-state index is 0.262. The Labute approximate surface area is 147 Å². The molecule has 25 heavy (non-hydrogen) atoms. The van der Waals surface area contributed by atoms with Crippen LogP contribution in [0.5, 0.6) is 5.75 Å². The molecule has 8 heteroatoms. The van der Waals surface area contributed by atoms with Crippen LogP contribution in [0.25, 0.3) is 11.0 Å². The highest BCUT2D eigenvalue weighted by Crippen LogP contribution is 2.20. The molecule has 0 saturated carbocycles. The van der Waals surface area contributed by atoms with E-state index in [-0.39, 0.29) is 6.61 Å². The molecule has 0 saturated heterocycles. The predicted molar refractivity (Wildman–Crippen MR) is 93.7 cm³/mol. The van der Waals surface area contributed by atoms with Gasteiger partial charge in [-0.25, -0.2) is 4.79 Å². The van der Waals surface area contributed by atoms with Crippen LogP contribution in [0.4, 0.5) is 5.69 Å². The van der Waals surface area contributed by atoms with Gasteiger partial charge in [-0.1, -0.05) is 18.2 Å². The lowest BCUT2D eigenvalue weighted by molar-refractivity contribution is -0.149. The number of rotatable bonds is 6. The van der Waals surface area contributed by atoms with Crippen molar-refractivity contribution >= 4 is 40.3 Å². The first-order valence-corrected chi connectivity index (χ1v) is 8.21. The first-order chi connectivity index (χ1) is 12.1. The number of nitrogens with one attached hydrogen (secondary N) is 1. The summed E-state index contributed by atoms with van der Waals surface area (Å²) in [7, 11) is 0. The van der Waals surface area contributed by atoms with Crippen molar-refractivity contribution in [1.82, 2.24) is 8.75 Å². The number of hydrogen-bond donors (Lipinski definition) is 1. The second-order valence-electron chi connectivity index (χ2n) is 5.25. The van der Waals surface area contributed by atoms with Crippen molar-refractivity contribution in [2.24, 2.45) is 0 Å². The van der Waals surface area contributed by atoms with Crippen LogP contribution in [0.15, 0.2) is 42.5 Å². The van der Waals surface area contributed by atoms with Crippen LogP contribution in [0.3, 0.4) is 0 Å². The largest absolute Gasteiger partial charge is 0.482 e. The van der Waals surface area contributed by atoms with Crippen molar-refractivity contribution in [3.05, 3.63) is 48.0 Å². The standard InChI is InChI=1S/C17H15N3O4S/c1-11-4-2-5-12(8-11)23-10-16(22)24-9-15(21)18-13-6-3-7-14-17(13)20-25-19-14/h2-8H,9-10H2,1H3,(H,18,21). The fourth-order valence-electron chi connectivity index (χ4n) is 2.13. The first kappa shape index (κ1) is 16.8. The summed E-state index contributed by atoms with van der Waals surface area (Å²) in [5, 5.41) is 2.65. The maximum Gasteiger partial charge on any atom is 0.344 e. The summed E-state index contributed by atoms with van der Waals surface area (Å²) >= 11 is 1.06. The van der Waals surface area contributed by atoms with Crippen molar-refractivity contribution in [2.75, 3.05) is 18.5 Å². The Kier molecular flexibility index (Phi) is 5.20. The highest BCUT2D eigenvalue weighted by molar-refractivity contribution is 7.00. The molecule has 3 rings (SSSR count). The normalized spacial score (nSPS) is 10.4. The number of anilines is 1. The Morgan fingerprint density at radius 3 is 2.80 bits per heavy atom. The first-order valence-electron chi connectivity index (χ1n) is 7.48. The van der Waals surface area contributed by atoms with Gasteiger partial charge in [-0.15, -0.1) is 0 Å². The van der Waals surface area contributed by atoms with Crippen LogP contribution in [-0.4, -0.2) is 33.8 Å². The summed E-state index contributed by atoms with van der Waals surface area (Å²) < 4.78 is 18.5. The minimum atomic E-state index is -0.620. The third kappa shape index (κ3) is 4.51. The molecule has 1 aromatic heterocycles. The summed E-state index contributed by atoms with van der Waals surface area (Å²) in [5.41, 5.74) is 2.86. The Morgan fingerprint density at radius 1 is 1.12 bits per heavy atom. The van der Waals surface area contributed by atoms with Crippen molar-refractivity contribution in [3.63, 3.8) is 0 Å². The number of amides is 1. The van der Waals surface area contributed by atoms with E-state index in [9.17, 15) is 9.59 Å². The number of ether oxygens (including phenoxy) is 2. The third-order valence-corrected chi connectivity index (χ3v) is 3.81. The number of carbonyl (C=O) groups is 2. The molecule has 0 aliphatic carbocycles. The Balaban J connectivity index is 1.47. The van der Waals surface area contributed by atoms with Crippen LogP contribution in [0.1, 0.15) is 5.56 Å². The summed E-state index contributed by atoms with van der Waals surface area (Å²) in [6, 6.07) is 12.6. The second-order valence-corrected chi connectivity index (χ2v) is 5.78. The lowest BCUT2D eigenvalue weighted by Gasteiger charge is -2.08. The summed E-state index contributed by atoms with van der Waals surface area (Å²) in [5.74, 6) is -0.501. The molecule has 1 amide bonds. The number of aromatic nitrogens is 2. The molecule has 0 radical (unpaired) electrons. The van der Waals surface area contributed by atoms with Gasteiger partial charge >= 0.3 is 5.97 Å². The summed E-state index contributed by atoms with van der Waals surface area (Å²) in [6.07, 6.45) is 0. The zero-order chi connectivity index (χ0) is 17.6. The number of nitrogens with zero attached hydrogens (tertiary/aromatic N) is 2. The number of fused-ring (bicyclic) bond motifs is 1. The molecular weight excluding hydrogens is 342 g/mol. The monoisotopic (exact) mass is 357 g/mol. The van der Waals surface area contributed by atoms with Gasteiger partial charge in [-0.3, -0.25) is 4.79 Å². The van der Waals surface area contributed by atoms with E-state index in [0.717, 1.165) is 17.3 Å². The lowest BCUT2D eigenvalue weighted by atomic mass is 10.2. The molecule has 2 aromatic carbocycles. The fourth-order valence-corrected chi connectivity index (χ4v) is 2.68. The number of aryl methyl sites for hydroxylation is 1. The molecule has 1 heterocycles. The van der Waals surface area contributed by atoms with Crippen molar-refractivity contribution in [3.8, 4) is 5.75 Å². The van der Waals surface area contributed by atoms with Crippen LogP contribution >= 0.6 is 11.7 Å². The van der Waals surface area contributed by atoms with Gasteiger partial charge < -0.3 is 14.8 Å². The fraction of sp³-hybridized carbons (Fsp3) is 0.176. The Bertz CT molecular complexity index is 910. The van der Waals surface area contributed by atoms with Gasteiger partial charge in [0.05, 0.1) is 17.4 Å². The molecule has 3 aromatic rings. The smallest absolute Gasteiger partial charge is 0.344 e. The molecule has 0 atom stereocenters. The molecule has 7 nitrogen and oxygen atoms in total. The number of benzene rings is 2. The van der Waals surface area contributed by atoms with Crippen molar-refractivity contribution < 1.29 is 19.1 Å². The number of esters is 1. The molecule has 0 aliphatic heterocycles. The van der Waals surface area contributed by atoms with E-state index in [0.29, 0.717) is 22.5 Å². The van der Waals surface area contributed by atoms with E-state index in [1.807, 2.05) is 25.1 Å².